The maximum Gasteiger partial charge on any atom is 0.0512 e. The zero-order valence-electron chi connectivity index (χ0n) is 9.34. The van der Waals surface area contributed by atoms with Gasteiger partial charge < -0.3 is 10.4 Å². The fraction of sp³-hybridized carbons (Fsp3) is 0.500. The first-order valence-electron chi connectivity index (χ1n) is 5.42. The van der Waals surface area contributed by atoms with Crippen LogP contribution in [0.25, 0.3) is 0 Å². The van der Waals surface area contributed by atoms with Crippen LogP contribution in [-0.4, -0.2) is 17.8 Å². The first kappa shape index (κ1) is 14.0. The predicted octanol–water partition coefficient (Wildman–Crippen LogP) is 3.35. The lowest BCUT2D eigenvalue weighted by atomic mass is 10.2. The Bertz CT molecular complexity index is 331. The number of rotatable bonds is 6. The summed E-state index contributed by atoms with van der Waals surface area (Å²) in [6.07, 6.45) is 1.60. The Labute approximate surface area is 110 Å². The number of aliphatic hydroxyl groups is 1. The van der Waals surface area contributed by atoms with Gasteiger partial charge in [-0.15, -0.1) is 0 Å². The molecule has 1 aromatic carbocycles. The smallest absolute Gasteiger partial charge is 0.0512 e. The van der Waals surface area contributed by atoms with E-state index in [1.165, 1.54) is 0 Å². The number of hydrogen-bond donors (Lipinski definition) is 2. The molecule has 0 heterocycles. The largest absolute Gasteiger partial charge is 0.393 e. The van der Waals surface area contributed by atoms with Gasteiger partial charge in [0, 0.05) is 16.0 Å². The molecule has 0 amide bonds. The zero-order valence-corrected chi connectivity index (χ0v) is 11.7. The van der Waals surface area contributed by atoms with E-state index in [0.717, 1.165) is 41.0 Å². The molecule has 0 aliphatic heterocycles. The highest BCUT2D eigenvalue weighted by Crippen LogP contribution is 2.21. The van der Waals surface area contributed by atoms with Crippen LogP contribution in [0, 0.1) is 0 Å². The standard InChI is InChI=1S/C12H17BrClNO/c1-9(16)3-2-6-15-8-10-4-5-11(13)7-12(10)14/h4-5,7,9,15-16H,2-3,6,8H2,1H3. The molecule has 0 aromatic heterocycles. The van der Waals surface area contributed by atoms with Gasteiger partial charge in [-0.2, -0.15) is 0 Å². The van der Waals surface area contributed by atoms with Crippen molar-refractivity contribution in [3.8, 4) is 0 Å². The van der Waals surface area contributed by atoms with Gasteiger partial charge in [0.25, 0.3) is 0 Å². The molecule has 0 saturated carbocycles. The lowest BCUT2D eigenvalue weighted by Crippen LogP contribution is -2.16. The summed E-state index contributed by atoms with van der Waals surface area (Å²) >= 11 is 9.46. The number of benzene rings is 1. The van der Waals surface area contributed by atoms with Crippen LogP contribution in [0.3, 0.4) is 0 Å². The molecule has 1 atom stereocenters. The van der Waals surface area contributed by atoms with Gasteiger partial charge in [0.2, 0.25) is 0 Å². The van der Waals surface area contributed by atoms with Crippen LogP contribution in [0.5, 0.6) is 0 Å². The summed E-state index contributed by atoms with van der Waals surface area (Å²) in [5.74, 6) is 0. The van der Waals surface area contributed by atoms with E-state index in [2.05, 4.69) is 21.2 Å². The fourth-order valence-electron chi connectivity index (χ4n) is 1.41. The summed E-state index contributed by atoms with van der Waals surface area (Å²) in [4.78, 5) is 0. The van der Waals surface area contributed by atoms with Crippen molar-refractivity contribution < 1.29 is 5.11 Å². The second-order valence-corrected chi connectivity index (χ2v) is 5.23. The molecule has 1 aromatic rings. The molecule has 4 heteroatoms. The number of hydrogen-bond acceptors (Lipinski definition) is 2. The molecule has 0 spiro atoms. The highest BCUT2D eigenvalue weighted by molar-refractivity contribution is 9.10. The molecular weight excluding hydrogens is 289 g/mol. The normalized spacial score (nSPS) is 12.8. The molecule has 0 bridgehead atoms. The molecule has 0 aliphatic rings. The summed E-state index contributed by atoms with van der Waals surface area (Å²) in [6, 6.07) is 5.89. The van der Waals surface area contributed by atoms with E-state index in [4.69, 9.17) is 16.7 Å². The van der Waals surface area contributed by atoms with Gasteiger partial charge >= 0.3 is 0 Å². The molecule has 16 heavy (non-hydrogen) atoms. The van der Waals surface area contributed by atoms with Gasteiger partial charge in [0.1, 0.15) is 0 Å². The third kappa shape index (κ3) is 5.30. The molecule has 0 aliphatic carbocycles. The molecule has 2 N–H and O–H groups in total. The van der Waals surface area contributed by atoms with Crippen molar-refractivity contribution in [3.63, 3.8) is 0 Å². The molecule has 1 rings (SSSR count). The Hall–Kier alpha value is -0.0900. The van der Waals surface area contributed by atoms with E-state index in [-0.39, 0.29) is 6.10 Å². The summed E-state index contributed by atoms with van der Waals surface area (Å²) in [7, 11) is 0. The van der Waals surface area contributed by atoms with E-state index in [1.807, 2.05) is 25.1 Å². The number of nitrogens with one attached hydrogen (secondary N) is 1. The molecule has 0 saturated heterocycles. The highest BCUT2D eigenvalue weighted by Gasteiger charge is 2.00. The lowest BCUT2D eigenvalue weighted by molar-refractivity contribution is 0.181. The van der Waals surface area contributed by atoms with Gasteiger partial charge in [-0.3, -0.25) is 0 Å². The quantitative estimate of drug-likeness (QED) is 0.790. The average molecular weight is 307 g/mol. The topological polar surface area (TPSA) is 32.3 Å². The second kappa shape index (κ2) is 7.28. The molecule has 1 unspecified atom stereocenters. The Kier molecular flexibility index (Phi) is 6.36. The van der Waals surface area contributed by atoms with Crippen molar-refractivity contribution in [2.75, 3.05) is 6.54 Å². The van der Waals surface area contributed by atoms with E-state index >= 15 is 0 Å². The predicted molar refractivity (Wildman–Crippen MR) is 71.8 cm³/mol. The first-order valence-corrected chi connectivity index (χ1v) is 6.59. The number of halogens is 2. The molecule has 90 valence electrons. The van der Waals surface area contributed by atoms with Crippen molar-refractivity contribution in [3.05, 3.63) is 33.3 Å². The lowest BCUT2D eigenvalue weighted by Gasteiger charge is -2.08. The van der Waals surface area contributed by atoms with Crippen molar-refractivity contribution >= 4 is 27.5 Å². The first-order chi connectivity index (χ1) is 7.59. The average Bonchev–Trinajstić information content (AvgIpc) is 2.20. The molecule has 0 fully saturated rings. The minimum Gasteiger partial charge on any atom is -0.393 e. The summed E-state index contributed by atoms with van der Waals surface area (Å²) in [6.45, 7) is 3.48. The maximum atomic E-state index is 9.09. The van der Waals surface area contributed by atoms with Gasteiger partial charge in [-0.05, 0) is 44.0 Å². The monoisotopic (exact) mass is 305 g/mol. The molecule has 2 nitrogen and oxygen atoms in total. The van der Waals surface area contributed by atoms with Crippen LogP contribution in [0.2, 0.25) is 5.02 Å². The SMILES string of the molecule is CC(O)CCCNCc1ccc(Br)cc1Cl. The van der Waals surface area contributed by atoms with E-state index < -0.39 is 0 Å². The highest BCUT2D eigenvalue weighted by atomic mass is 79.9. The van der Waals surface area contributed by atoms with Gasteiger partial charge in [0.15, 0.2) is 0 Å². The number of aliphatic hydroxyl groups excluding tert-OH is 1. The molecular formula is C12H17BrClNO. The van der Waals surface area contributed by atoms with Crippen molar-refractivity contribution in [1.29, 1.82) is 0 Å². The van der Waals surface area contributed by atoms with Crippen molar-refractivity contribution in [2.45, 2.75) is 32.4 Å². The zero-order chi connectivity index (χ0) is 12.0. The van der Waals surface area contributed by atoms with Crippen LogP contribution < -0.4 is 5.32 Å². The van der Waals surface area contributed by atoms with E-state index in [0.29, 0.717) is 0 Å². The Morgan fingerprint density at radius 1 is 1.50 bits per heavy atom. The minimum absolute atomic E-state index is 0.210. The van der Waals surface area contributed by atoms with Gasteiger partial charge in [0.05, 0.1) is 6.10 Å². The maximum absolute atomic E-state index is 9.09. The minimum atomic E-state index is -0.210. The van der Waals surface area contributed by atoms with Gasteiger partial charge in [-0.25, -0.2) is 0 Å². The fourth-order valence-corrected chi connectivity index (χ4v) is 2.15. The van der Waals surface area contributed by atoms with Crippen LogP contribution in [0.15, 0.2) is 22.7 Å². The van der Waals surface area contributed by atoms with Gasteiger partial charge in [-0.1, -0.05) is 33.6 Å². The summed E-state index contributed by atoms with van der Waals surface area (Å²) in [5, 5.41) is 13.2. The molecule has 0 radical (unpaired) electrons. The van der Waals surface area contributed by atoms with Crippen LogP contribution in [-0.2, 0) is 6.54 Å². The summed E-state index contributed by atoms with van der Waals surface area (Å²) < 4.78 is 0.996. The Balaban J connectivity index is 2.27. The van der Waals surface area contributed by atoms with Crippen LogP contribution in [0.1, 0.15) is 25.3 Å². The van der Waals surface area contributed by atoms with E-state index in [1.54, 1.807) is 0 Å². The van der Waals surface area contributed by atoms with Crippen molar-refractivity contribution in [1.82, 2.24) is 5.32 Å². The van der Waals surface area contributed by atoms with Crippen molar-refractivity contribution in [2.24, 2.45) is 0 Å². The third-order valence-electron chi connectivity index (χ3n) is 2.31. The Morgan fingerprint density at radius 3 is 2.88 bits per heavy atom. The second-order valence-electron chi connectivity index (χ2n) is 3.90. The van der Waals surface area contributed by atoms with Crippen LogP contribution in [0.4, 0.5) is 0 Å². The summed E-state index contributed by atoms with van der Waals surface area (Å²) in [5.41, 5.74) is 1.10. The third-order valence-corrected chi connectivity index (χ3v) is 3.15. The van der Waals surface area contributed by atoms with E-state index in [9.17, 15) is 0 Å². The Morgan fingerprint density at radius 2 is 2.25 bits per heavy atom. The van der Waals surface area contributed by atoms with Crippen LogP contribution >= 0.6 is 27.5 Å².